The van der Waals surface area contributed by atoms with Crippen LogP contribution in [0, 0.1) is 5.92 Å². The van der Waals surface area contributed by atoms with Crippen molar-refractivity contribution in [2.75, 3.05) is 5.32 Å². The van der Waals surface area contributed by atoms with Gasteiger partial charge in [-0.05, 0) is 60.6 Å². The first kappa shape index (κ1) is 22.6. The lowest BCUT2D eigenvalue weighted by Crippen LogP contribution is -2.41. The highest BCUT2D eigenvalue weighted by Crippen LogP contribution is 2.26. The first-order valence-electron chi connectivity index (χ1n) is 10.3. The van der Waals surface area contributed by atoms with Gasteiger partial charge in [0.2, 0.25) is 11.8 Å². The van der Waals surface area contributed by atoms with Crippen LogP contribution in [0.15, 0.2) is 48.5 Å². The van der Waals surface area contributed by atoms with Gasteiger partial charge < -0.3 is 11.1 Å². The fourth-order valence-corrected chi connectivity index (χ4v) is 3.25. The summed E-state index contributed by atoms with van der Waals surface area (Å²) in [5.74, 6) is 0.255. The number of primary amides is 1. The lowest BCUT2D eigenvalue weighted by atomic mass is 9.91. The summed E-state index contributed by atoms with van der Waals surface area (Å²) in [5.41, 5.74) is 8.81. The summed E-state index contributed by atoms with van der Waals surface area (Å²) >= 11 is 0. The Bertz CT molecular complexity index is 813. The maximum atomic E-state index is 12.6. The first-order valence-corrected chi connectivity index (χ1v) is 10.3. The Morgan fingerprint density at radius 3 is 1.93 bits per heavy atom. The molecule has 156 valence electrons. The highest BCUT2D eigenvalue weighted by Gasteiger charge is 2.22. The topological polar surface area (TPSA) is 84.2 Å². The molecule has 0 bridgehead atoms. The van der Waals surface area contributed by atoms with E-state index in [1.165, 1.54) is 11.1 Å². The summed E-state index contributed by atoms with van der Waals surface area (Å²) < 4.78 is 0. The van der Waals surface area contributed by atoms with Gasteiger partial charge in [0.1, 0.15) is 0 Å². The van der Waals surface area contributed by atoms with Crippen molar-refractivity contribution >= 4 is 17.5 Å². The second-order valence-corrected chi connectivity index (χ2v) is 8.02. The Labute approximate surface area is 174 Å². The molecule has 0 aliphatic rings. The summed E-state index contributed by atoms with van der Waals surface area (Å²) in [7, 11) is 0. The Kier molecular flexibility index (Phi) is 7.97. The maximum Gasteiger partial charge on any atom is 0.248 e. The molecular formula is C24H33N3O2. The summed E-state index contributed by atoms with van der Waals surface area (Å²) in [5, 5.41) is 6.34. The number of amides is 2. The van der Waals surface area contributed by atoms with E-state index in [-0.39, 0.29) is 18.0 Å². The van der Waals surface area contributed by atoms with Gasteiger partial charge in [-0.25, -0.2) is 0 Å². The molecule has 0 fully saturated rings. The minimum atomic E-state index is -0.489. The van der Waals surface area contributed by atoms with Crippen LogP contribution in [-0.4, -0.2) is 17.9 Å². The first-order chi connectivity index (χ1) is 13.7. The molecule has 0 radical (unpaired) electrons. The molecule has 2 aromatic carbocycles. The van der Waals surface area contributed by atoms with Crippen molar-refractivity contribution in [3.63, 3.8) is 0 Å². The molecule has 2 rings (SSSR count). The van der Waals surface area contributed by atoms with Gasteiger partial charge in [-0.15, -0.1) is 0 Å². The van der Waals surface area contributed by atoms with Gasteiger partial charge in [0, 0.05) is 17.3 Å². The molecule has 0 heterocycles. The summed E-state index contributed by atoms with van der Waals surface area (Å²) in [4.78, 5) is 23.8. The van der Waals surface area contributed by atoms with Gasteiger partial charge in [-0.3, -0.25) is 14.9 Å². The number of carbonyl (C=O) groups excluding carboxylic acids is 2. The molecule has 5 heteroatoms. The van der Waals surface area contributed by atoms with E-state index in [1.54, 1.807) is 24.3 Å². The molecule has 3 unspecified atom stereocenters. The van der Waals surface area contributed by atoms with Gasteiger partial charge in [-0.1, -0.05) is 52.0 Å². The number of anilines is 1. The van der Waals surface area contributed by atoms with E-state index in [4.69, 9.17) is 5.73 Å². The zero-order valence-electron chi connectivity index (χ0n) is 18.0. The minimum Gasteiger partial charge on any atom is -0.366 e. The zero-order valence-corrected chi connectivity index (χ0v) is 18.0. The van der Waals surface area contributed by atoms with E-state index < -0.39 is 5.91 Å². The van der Waals surface area contributed by atoms with Crippen LogP contribution < -0.4 is 16.4 Å². The summed E-state index contributed by atoms with van der Waals surface area (Å²) in [6, 6.07) is 14.9. The molecule has 0 aliphatic heterocycles. The van der Waals surface area contributed by atoms with E-state index >= 15 is 0 Å². The van der Waals surface area contributed by atoms with Crippen LogP contribution in [0.5, 0.6) is 0 Å². The largest absolute Gasteiger partial charge is 0.366 e. The molecule has 0 saturated heterocycles. The van der Waals surface area contributed by atoms with Gasteiger partial charge in [0.05, 0.1) is 6.04 Å². The molecule has 2 amide bonds. The predicted octanol–water partition coefficient (Wildman–Crippen LogP) is 4.61. The maximum absolute atomic E-state index is 12.6. The lowest BCUT2D eigenvalue weighted by molar-refractivity contribution is -0.118. The smallest absolute Gasteiger partial charge is 0.248 e. The SMILES string of the molecule is CCC(C)c1ccc(C(NC(C)C(=O)Nc2ccc(C(N)=O)cc2)C(C)C)cc1. The minimum absolute atomic E-state index is 0.0685. The van der Waals surface area contributed by atoms with Gasteiger partial charge in [0.25, 0.3) is 0 Å². The van der Waals surface area contributed by atoms with Crippen LogP contribution >= 0.6 is 0 Å². The van der Waals surface area contributed by atoms with E-state index in [9.17, 15) is 9.59 Å². The molecular weight excluding hydrogens is 362 g/mol. The van der Waals surface area contributed by atoms with Crippen molar-refractivity contribution in [3.8, 4) is 0 Å². The van der Waals surface area contributed by atoms with E-state index in [2.05, 4.69) is 62.6 Å². The average molecular weight is 396 g/mol. The van der Waals surface area contributed by atoms with Crippen LogP contribution in [0.25, 0.3) is 0 Å². The molecule has 0 saturated carbocycles. The molecule has 29 heavy (non-hydrogen) atoms. The molecule has 0 spiro atoms. The number of hydrogen-bond donors (Lipinski definition) is 3. The molecule has 5 nitrogen and oxygen atoms in total. The molecule has 2 aromatic rings. The van der Waals surface area contributed by atoms with E-state index in [1.807, 2.05) is 6.92 Å². The quantitative estimate of drug-likeness (QED) is 0.579. The fourth-order valence-electron chi connectivity index (χ4n) is 3.25. The number of carbonyl (C=O) groups is 2. The number of benzene rings is 2. The van der Waals surface area contributed by atoms with Crippen LogP contribution in [0.4, 0.5) is 5.69 Å². The molecule has 3 atom stereocenters. The number of nitrogens with two attached hydrogens (primary N) is 1. The number of rotatable bonds is 9. The van der Waals surface area contributed by atoms with Crippen molar-refractivity contribution in [3.05, 3.63) is 65.2 Å². The summed E-state index contributed by atoms with van der Waals surface area (Å²) in [6.45, 7) is 10.6. The van der Waals surface area contributed by atoms with Gasteiger partial charge >= 0.3 is 0 Å². The van der Waals surface area contributed by atoms with Crippen molar-refractivity contribution in [1.82, 2.24) is 5.32 Å². The standard InChI is InChI=1S/C24H33N3O2/c1-6-16(4)18-7-9-19(10-8-18)22(15(2)3)26-17(5)24(29)27-21-13-11-20(12-14-21)23(25)28/h7-17,22,26H,6H2,1-5H3,(H2,25,28)(H,27,29). The van der Waals surface area contributed by atoms with Crippen molar-refractivity contribution in [1.29, 1.82) is 0 Å². The summed E-state index contributed by atoms with van der Waals surface area (Å²) in [6.07, 6.45) is 1.11. The van der Waals surface area contributed by atoms with Crippen LogP contribution in [0.2, 0.25) is 0 Å². The van der Waals surface area contributed by atoms with Crippen LogP contribution in [-0.2, 0) is 4.79 Å². The van der Waals surface area contributed by atoms with Crippen molar-refractivity contribution in [2.24, 2.45) is 11.7 Å². The van der Waals surface area contributed by atoms with Crippen LogP contribution in [0.1, 0.15) is 74.5 Å². The fraction of sp³-hybridized carbons (Fsp3) is 0.417. The average Bonchev–Trinajstić information content (AvgIpc) is 2.71. The van der Waals surface area contributed by atoms with Crippen molar-refractivity contribution < 1.29 is 9.59 Å². The Hall–Kier alpha value is -2.66. The van der Waals surface area contributed by atoms with Crippen LogP contribution in [0.3, 0.4) is 0 Å². The predicted molar refractivity (Wildman–Crippen MR) is 119 cm³/mol. The third-order valence-corrected chi connectivity index (χ3v) is 5.40. The number of hydrogen-bond acceptors (Lipinski definition) is 3. The highest BCUT2D eigenvalue weighted by molar-refractivity contribution is 5.96. The molecule has 0 aliphatic carbocycles. The second-order valence-electron chi connectivity index (χ2n) is 8.02. The molecule has 4 N–H and O–H groups in total. The third-order valence-electron chi connectivity index (χ3n) is 5.40. The normalized spacial score (nSPS) is 14.3. The zero-order chi connectivity index (χ0) is 21.6. The van der Waals surface area contributed by atoms with E-state index in [0.29, 0.717) is 23.1 Å². The Morgan fingerprint density at radius 1 is 0.897 bits per heavy atom. The van der Waals surface area contributed by atoms with Gasteiger partial charge in [-0.2, -0.15) is 0 Å². The third kappa shape index (κ3) is 6.16. The van der Waals surface area contributed by atoms with Gasteiger partial charge in [0.15, 0.2) is 0 Å². The molecule has 0 aromatic heterocycles. The van der Waals surface area contributed by atoms with E-state index in [0.717, 1.165) is 6.42 Å². The lowest BCUT2D eigenvalue weighted by Gasteiger charge is -2.27. The Balaban J connectivity index is 2.05. The second kappa shape index (κ2) is 10.2. The highest BCUT2D eigenvalue weighted by atomic mass is 16.2. The van der Waals surface area contributed by atoms with Crippen molar-refractivity contribution in [2.45, 2.75) is 59.0 Å². The Morgan fingerprint density at radius 2 is 1.45 bits per heavy atom. The number of nitrogens with one attached hydrogen (secondary N) is 2. The monoisotopic (exact) mass is 395 g/mol.